The van der Waals surface area contributed by atoms with E-state index in [1.165, 1.54) is 23.5 Å². The molecule has 0 aliphatic carbocycles. The summed E-state index contributed by atoms with van der Waals surface area (Å²) >= 11 is 1.20. The Balaban J connectivity index is 1.97. The average molecular weight is 299 g/mol. The Morgan fingerprint density at radius 3 is 2.85 bits per heavy atom. The maximum absolute atomic E-state index is 13.4. The molecule has 20 heavy (non-hydrogen) atoms. The highest BCUT2D eigenvalue weighted by Gasteiger charge is 2.12. The Labute approximate surface area is 119 Å². The molecule has 2 aromatic rings. The summed E-state index contributed by atoms with van der Waals surface area (Å²) in [4.78, 5) is 0. The van der Waals surface area contributed by atoms with Gasteiger partial charge in [-0.05, 0) is 24.6 Å². The molecule has 4 nitrogen and oxygen atoms in total. The SMILES string of the molecule is CC(C)CNCc1nnc(Oc2cccc(F)c2F)s1. The van der Waals surface area contributed by atoms with Crippen molar-refractivity contribution in [1.82, 2.24) is 15.5 Å². The van der Waals surface area contributed by atoms with Gasteiger partial charge in [0.1, 0.15) is 5.01 Å². The summed E-state index contributed by atoms with van der Waals surface area (Å²) in [5.41, 5.74) is 0. The number of hydrogen-bond donors (Lipinski definition) is 1. The fourth-order valence-electron chi connectivity index (χ4n) is 1.48. The van der Waals surface area contributed by atoms with Crippen molar-refractivity contribution in [2.24, 2.45) is 5.92 Å². The van der Waals surface area contributed by atoms with Gasteiger partial charge < -0.3 is 10.1 Å². The van der Waals surface area contributed by atoms with Crippen LogP contribution in [0.4, 0.5) is 8.78 Å². The van der Waals surface area contributed by atoms with Crippen LogP contribution >= 0.6 is 11.3 Å². The van der Waals surface area contributed by atoms with Crippen molar-refractivity contribution in [2.75, 3.05) is 6.54 Å². The van der Waals surface area contributed by atoms with Gasteiger partial charge in [-0.1, -0.05) is 36.3 Å². The number of benzene rings is 1. The summed E-state index contributed by atoms with van der Waals surface area (Å²) < 4.78 is 31.7. The number of nitrogens with zero attached hydrogens (tertiary/aromatic N) is 2. The van der Waals surface area contributed by atoms with Crippen molar-refractivity contribution in [3.63, 3.8) is 0 Å². The topological polar surface area (TPSA) is 47.0 Å². The number of hydrogen-bond acceptors (Lipinski definition) is 5. The predicted octanol–water partition coefficient (Wildman–Crippen LogP) is 3.35. The minimum Gasteiger partial charge on any atom is -0.427 e. The Hall–Kier alpha value is -1.60. The van der Waals surface area contributed by atoms with E-state index >= 15 is 0 Å². The Bertz CT molecular complexity index is 574. The molecule has 1 N–H and O–H groups in total. The summed E-state index contributed by atoms with van der Waals surface area (Å²) in [6, 6.07) is 3.75. The van der Waals surface area contributed by atoms with Crippen LogP contribution in [0.25, 0.3) is 0 Å². The molecule has 0 bridgehead atoms. The van der Waals surface area contributed by atoms with Crippen molar-refractivity contribution in [1.29, 1.82) is 0 Å². The van der Waals surface area contributed by atoms with Gasteiger partial charge in [0.25, 0.3) is 5.19 Å². The highest BCUT2D eigenvalue weighted by Crippen LogP contribution is 2.28. The third kappa shape index (κ3) is 3.94. The van der Waals surface area contributed by atoms with Crippen LogP contribution in [0.1, 0.15) is 18.9 Å². The summed E-state index contributed by atoms with van der Waals surface area (Å²) in [6.07, 6.45) is 0. The van der Waals surface area contributed by atoms with Gasteiger partial charge in [0.15, 0.2) is 11.6 Å². The Morgan fingerprint density at radius 2 is 2.10 bits per heavy atom. The number of halogens is 2. The average Bonchev–Trinajstić information content (AvgIpc) is 2.82. The zero-order chi connectivity index (χ0) is 14.5. The van der Waals surface area contributed by atoms with E-state index in [-0.39, 0.29) is 10.9 Å². The lowest BCUT2D eigenvalue weighted by atomic mass is 10.2. The van der Waals surface area contributed by atoms with E-state index < -0.39 is 11.6 Å². The number of rotatable bonds is 6. The van der Waals surface area contributed by atoms with E-state index in [9.17, 15) is 8.78 Å². The smallest absolute Gasteiger partial charge is 0.299 e. The molecule has 1 heterocycles. The van der Waals surface area contributed by atoms with E-state index in [2.05, 4.69) is 29.4 Å². The standard InChI is InChI=1S/C13H15F2N3OS/c1-8(2)6-16-7-11-17-18-13(20-11)19-10-5-3-4-9(14)12(10)15/h3-5,8,16H,6-7H2,1-2H3. The summed E-state index contributed by atoms with van der Waals surface area (Å²) in [6.45, 7) is 5.65. The highest BCUT2D eigenvalue weighted by atomic mass is 32.1. The van der Waals surface area contributed by atoms with Gasteiger partial charge in [0, 0.05) is 6.54 Å². The Morgan fingerprint density at radius 1 is 1.30 bits per heavy atom. The first kappa shape index (κ1) is 14.8. The Kier molecular flexibility index (Phi) is 4.97. The first-order chi connectivity index (χ1) is 9.56. The molecule has 2 rings (SSSR count). The first-order valence-electron chi connectivity index (χ1n) is 6.21. The second-order valence-corrected chi connectivity index (χ2v) is 5.67. The predicted molar refractivity (Wildman–Crippen MR) is 72.9 cm³/mol. The maximum atomic E-state index is 13.4. The first-order valence-corrected chi connectivity index (χ1v) is 7.03. The summed E-state index contributed by atoms with van der Waals surface area (Å²) in [5.74, 6) is -1.63. The van der Waals surface area contributed by atoms with Gasteiger partial charge in [-0.15, -0.1) is 5.10 Å². The van der Waals surface area contributed by atoms with Crippen LogP contribution in [0, 0.1) is 17.6 Å². The molecule has 0 spiro atoms. The van der Waals surface area contributed by atoms with Crippen LogP contribution in [-0.2, 0) is 6.54 Å². The normalized spacial score (nSPS) is 11.1. The molecule has 0 unspecified atom stereocenters. The van der Waals surface area contributed by atoms with Crippen LogP contribution in [0.3, 0.4) is 0 Å². The zero-order valence-electron chi connectivity index (χ0n) is 11.2. The highest BCUT2D eigenvalue weighted by molar-refractivity contribution is 7.13. The number of ether oxygens (including phenoxy) is 1. The van der Waals surface area contributed by atoms with Crippen molar-refractivity contribution in [2.45, 2.75) is 20.4 Å². The molecule has 108 valence electrons. The van der Waals surface area contributed by atoms with Crippen LogP contribution in [0.2, 0.25) is 0 Å². The molecule has 0 saturated carbocycles. The van der Waals surface area contributed by atoms with Gasteiger partial charge in [-0.3, -0.25) is 0 Å². The lowest BCUT2D eigenvalue weighted by Gasteiger charge is -2.04. The lowest BCUT2D eigenvalue weighted by molar-refractivity contribution is 0.411. The van der Waals surface area contributed by atoms with E-state index in [0.717, 1.165) is 17.6 Å². The fraction of sp³-hybridized carbons (Fsp3) is 0.385. The van der Waals surface area contributed by atoms with Crippen LogP contribution in [0.15, 0.2) is 18.2 Å². The molecule has 1 aromatic carbocycles. The quantitative estimate of drug-likeness (QED) is 0.888. The van der Waals surface area contributed by atoms with E-state index in [0.29, 0.717) is 12.5 Å². The van der Waals surface area contributed by atoms with Gasteiger partial charge in [-0.2, -0.15) is 4.39 Å². The van der Waals surface area contributed by atoms with Gasteiger partial charge in [0.05, 0.1) is 0 Å². The lowest BCUT2D eigenvalue weighted by Crippen LogP contribution is -2.18. The minimum atomic E-state index is -1.03. The zero-order valence-corrected chi connectivity index (χ0v) is 12.0. The minimum absolute atomic E-state index is 0.191. The second-order valence-electron chi connectivity index (χ2n) is 4.64. The third-order valence-corrected chi connectivity index (χ3v) is 3.19. The molecule has 7 heteroatoms. The van der Waals surface area contributed by atoms with Gasteiger partial charge >= 0.3 is 0 Å². The fourth-order valence-corrected chi connectivity index (χ4v) is 2.15. The molecule has 0 atom stereocenters. The van der Waals surface area contributed by atoms with Crippen LogP contribution < -0.4 is 10.1 Å². The molecule has 1 aromatic heterocycles. The van der Waals surface area contributed by atoms with Gasteiger partial charge in [-0.25, -0.2) is 4.39 Å². The van der Waals surface area contributed by atoms with Crippen molar-refractivity contribution >= 4 is 11.3 Å². The summed E-state index contributed by atoms with van der Waals surface area (Å²) in [7, 11) is 0. The molecule has 0 aliphatic rings. The molecular weight excluding hydrogens is 284 g/mol. The summed E-state index contributed by atoms with van der Waals surface area (Å²) in [5, 5.41) is 11.9. The van der Waals surface area contributed by atoms with Gasteiger partial charge in [0.2, 0.25) is 5.82 Å². The molecule has 0 saturated heterocycles. The van der Waals surface area contributed by atoms with Crippen LogP contribution in [0.5, 0.6) is 10.9 Å². The number of nitrogens with one attached hydrogen (secondary N) is 1. The number of aromatic nitrogens is 2. The van der Waals surface area contributed by atoms with Crippen molar-refractivity contribution in [3.05, 3.63) is 34.8 Å². The van der Waals surface area contributed by atoms with Crippen molar-refractivity contribution < 1.29 is 13.5 Å². The molecule has 0 aliphatic heterocycles. The molecule has 0 amide bonds. The maximum Gasteiger partial charge on any atom is 0.299 e. The molecule has 0 fully saturated rings. The molecule has 0 radical (unpaired) electrons. The molecular formula is C13H15F2N3OS. The van der Waals surface area contributed by atoms with E-state index in [1.807, 2.05) is 0 Å². The largest absolute Gasteiger partial charge is 0.427 e. The third-order valence-electron chi connectivity index (χ3n) is 2.39. The second kappa shape index (κ2) is 6.71. The van der Waals surface area contributed by atoms with Crippen LogP contribution in [-0.4, -0.2) is 16.7 Å². The monoisotopic (exact) mass is 299 g/mol. The van der Waals surface area contributed by atoms with E-state index in [1.54, 1.807) is 0 Å². The van der Waals surface area contributed by atoms with Crippen molar-refractivity contribution in [3.8, 4) is 10.9 Å². The van der Waals surface area contributed by atoms with E-state index in [4.69, 9.17) is 4.74 Å².